The van der Waals surface area contributed by atoms with E-state index in [-0.39, 0.29) is 0 Å². The average Bonchev–Trinajstić information content (AvgIpc) is 2.66. The number of rotatable bonds is 1. The highest BCUT2D eigenvalue weighted by atomic mass is 32.1. The van der Waals surface area contributed by atoms with E-state index in [9.17, 15) is 0 Å². The van der Waals surface area contributed by atoms with E-state index in [4.69, 9.17) is 4.74 Å². The molecule has 3 rings (SSSR count). The van der Waals surface area contributed by atoms with Crippen molar-refractivity contribution in [3.8, 4) is 0 Å². The van der Waals surface area contributed by atoms with Crippen molar-refractivity contribution in [1.82, 2.24) is 9.97 Å². The van der Waals surface area contributed by atoms with Crippen molar-refractivity contribution < 1.29 is 4.74 Å². The van der Waals surface area contributed by atoms with Crippen molar-refractivity contribution in [2.75, 3.05) is 31.2 Å². The predicted octanol–water partition coefficient (Wildman–Crippen LogP) is 2.45. The van der Waals surface area contributed by atoms with Crippen molar-refractivity contribution in [3.63, 3.8) is 0 Å². The molecule has 1 saturated heterocycles. The van der Waals surface area contributed by atoms with Gasteiger partial charge in [0.05, 0.1) is 23.4 Å². The summed E-state index contributed by atoms with van der Waals surface area (Å²) >= 11 is 1.80. The van der Waals surface area contributed by atoms with Crippen LogP contribution in [0.5, 0.6) is 0 Å². The number of aromatic nitrogens is 2. The van der Waals surface area contributed by atoms with Gasteiger partial charge in [-0.3, -0.25) is 0 Å². The molecule has 5 heteroatoms. The average molecular weight is 263 g/mol. The van der Waals surface area contributed by atoms with Crippen LogP contribution in [-0.2, 0) is 4.74 Å². The van der Waals surface area contributed by atoms with Gasteiger partial charge in [0.2, 0.25) is 0 Å². The fourth-order valence-corrected chi connectivity index (χ4v) is 3.40. The van der Waals surface area contributed by atoms with Crippen LogP contribution < -0.4 is 4.90 Å². The van der Waals surface area contributed by atoms with Crippen molar-refractivity contribution in [1.29, 1.82) is 0 Å². The van der Waals surface area contributed by atoms with Gasteiger partial charge in [0.15, 0.2) is 5.82 Å². The smallest absolute Gasteiger partial charge is 0.150 e. The monoisotopic (exact) mass is 263 g/mol. The van der Waals surface area contributed by atoms with Gasteiger partial charge in [-0.05, 0) is 26.3 Å². The minimum Gasteiger partial charge on any atom is -0.378 e. The first kappa shape index (κ1) is 11.9. The molecule has 0 radical (unpaired) electrons. The summed E-state index contributed by atoms with van der Waals surface area (Å²) in [6.45, 7) is 9.67. The lowest BCUT2D eigenvalue weighted by molar-refractivity contribution is 0.122. The van der Waals surface area contributed by atoms with Crippen molar-refractivity contribution in [2.45, 2.75) is 20.8 Å². The summed E-state index contributed by atoms with van der Waals surface area (Å²) in [5, 5.41) is 0. The Bertz CT molecular complexity index is 587. The molecule has 2 aromatic rings. The van der Waals surface area contributed by atoms with E-state index in [0.717, 1.165) is 43.5 Å². The number of hydrogen-bond donors (Lipinski definition) is 0. The number of morpholine rings is 1. The fraction of sp³-hybridized carbons (Fsp3) is 0.538. The Balaban J connectivity index is 2.17. The molecule has 96 valence electrons. The van der Waals surface area contributed by atoms with Crippen LogP contribution in [0.4, 0.5) is 5.82 Å². The van der Waals surface area contributed by atoms with E-state index in [2.05, 4.69) is 28.7 Å². The number of hydrogen-bond acceptors (Lipinski definition) is 5. The molecule has 4 nitrogen and oxygen atoms in total. The third kappa shape index (κ3) is 1.87. The van der Waals surface area contributed by atoms with Crippen LogP contribution in [-0.4, -0.2) is 36.3 Å². The third-order valence-electron chi connectivity index (χ3n) is 3.41. The van der Waals surface area contributed by atoms with Crippen molar-refractivity contribution in [3.05, 3.63) is 16.3 Å². The van der Waals surface area contributed by atoms with Gasteiger partial charge in [-0.2, -0.15) is 0 Å². The molecular formula is C13H17N3OS. The molecule has 0 unspecified atom stereocenters. The molecule has 1 aliphatic heterocycles. The lowest BCUT2D eigenvalue weighted by Crippen LogP contribution is -2.37. The van der Waals surface area contributed by atoms with Gasteiger partial charge in [-0.25, -0.2) is 9.97 Å². The molecule has 0 bridgehead atoms. The van der Waals surface area contributed by atoms with E-state index in [0.29, 0.717) is 0 Å². The Morgan fingerprint density at radius 2 is 1.83 bits per heavy atom. The molecule has 18 heavy (non-hydrogen) atoms. The molecule has 2 aromatic heterocycles. The highest BCUT2D eigenvalue weighted by Crippen LogP contribution is 2.35. The largest absolute Gasteiger partial charge is 0.378 e. The van der Waals surface area contributed by atoms with Gasteiger partial charge in [-0.1, -0.05) is 0 Å². The number of nitrogens with zero attached hydrogens (tertiary/aromatic N) is 3. The van der Waals surface area contributed by atoms with Crippen molar-refractivity contribution in [2.24, 2.45) is 0 Å². The lowest BCUT2D eigenvalue weighted by Gasteiger charge is -2.28. The van der Waals surface area contributed by atoms with Gasteiger partial charge in [-0.15, -0.1) is 11.3 Å². The summed E-state index contributed by atoms with van der Waals surface area (Å²) in [5.41, 5.74) is 2.40. The Morgan fingerprint density at radius 1 is 1.11 bits per heavy atom. The van der Waals surface area contributed by atoms with Gasteiger partial charge in [0, 0.05) is 18.0 Å². The summed E-state index contributed by atoms with van der Waals surface area (Å²) in [6, 6.07) is 0. The molecule has 1 aliphatic rings. The minimum absolute atomic E-state index is 0.786. The minimum atomic E-state index is 0.786. The highest BCUT2D eigenvalue weighted by molar-refractivity contribution is 7.19. The molecular weight excluding hydrogens is 246 g/mol. The summed E-state index contributed by atoms with van der Waals surface area (Å²) in [6.07, 6.45) is 0. The number of anilines is 1. The second kappa shape index (κ2) is 4.48. The van der Waals surface area contributed by atoms with E-state index < -0.39 is 0 Å². The van der Waals surface area contributed by atoms with Crippen LogP contribution in [0, 0.1) is 20.8 Å². The summed E-state index contributed by atoms with van der Waals surface area (Å²) in [4.78, 5) is 12.9. The normalized spacial score (nSPS) is 16.5. The SMILES string of the molecule is Cc1nc(N2CCOCC2)c2sc(C)c(C)c2n1. The first-order valence-corrected chi connectivity index (χ1v) is 7.05. The Labute approximate surface area is 111 Å². The molecule has 0 saturated carbocycles. The van der Waals surface area contributed by atoms with Crippen LogP contribution in [0.2, 0.25) is 0 Å². The summed E-state index contributed by atoms with van der Waals surface area (Å²) in [7, 11) is 0. The third-order valence-corrected chi connectivity index (χ3v) is 4.60. The molecule has 0 aromatic carbocycles. The zero-order valence-corrected chi connectivity index (χ0v) is 11.8. The van der Waals surface area contributed by atoms with Gasteiger partial charge in [0.25, 0.3) is 0 Å². The first-order chi connectivity index (χ1) is 8.66. The Morgan fingerprint density at radius 3 is 2.56 bits per heavy atom. The number of fused-ring (bicyclic) bond motifs is 1. The summed E-state index contributed by atoms with van der Waals surface area (Å²) < 4.78 is 6.63. The molecule has 1 fully saturated rings. The van der Waals surface area contributed by atoms with E-state index in [1.807, 2.05) is 6.92 Å². The second-order valence-electron chi connectivity index (χ2n) is 4.65. The Kier molecular flexibility index (Phi) is 2.95. The molecule has 0 spiro atoms. The zero-order chi connectivity index (χ0) is 12.7. The van der Waals surface area contributed by atoms with E-state index >= 15 is 0 Å². The second-order valence-corrected chi connectivity index (χ2v) is 5.88. The molecule has 0 aliphatic carbocycles. The van der Waals surface area contributed by atoms with Crippen LogP contribution >= 0.6 is 11.3 Å². The standard InChI is InChI=1S/C13H17N3OS/c1-8-9(2)18-12-11(8)14-10(3)15-13(12)16-4-6-17-7-5-16/h4-7H2,1-3H3. The van der Waals surface area contributed by atoms with Gasteiger partial charge < -0.3 is 9.64 Å². The predicted molar refractivity (Wildman–Crippen MR) is 74.7 cm³/mol. The molecule has 3 heterocycles. The van der Waals surface area contributed by atoms with Crippen molar-refractivity contribution >= 4 is 27.4 Å². The van der Waals surface area contributed by atoms with Gasteiger partial charge >= 0.3 is 0 Å². The molecule has 0 N–H and O–H groups in total. The first-order valence-electron chi connectivity index (χ1n) is 6.24. The summed E-state index contributed by atoms with van der Waals surface area (Å²) in [5.74, 6) is 1.94. The van der Waals surface area contributed by atoms with Crippen LogP contribution in [0.15, 0.2) is 0 Å². The maximum Gasteiger partial charge on any atom is 0.150 e. The van der Waals surface area contributed by atoms with E-state index in [1.54, 1.807) is 11.3 Å². The number of thiophene rings is 1. The molecule has 0 atom stereocenters. The van der Waals surface area contributed by atoms with Gasteiger partial charge in [0.1, 0.15) is 5.82 Å². The fourth-order valence-electron chi connectivity index (χ4n) is 2.28. The lowest BCUT2D eigenvalue weighted by atomic mass is 10.2. The highest BCUT2D eigenvalue weighted by Gasteiger charge is 2.19. The maximum absolute atomic E-state index is 5.41. The van der Waals surface area contributed by atoms with Crippen LogP contribution in [0.25, 0.3) is 10.2 Å². The number of aryl methyl sites for hydroxylation is 3. The van der Waals surface area contributed by atoms with E-state index in [1.165, 1.54) is 15.1 Å². The van der Waals surface area contributed by atoms with Crippen LogP contribution in [0.1, 0.15) is 16.3 Å². The Hall–Kier alpha value is -1.20. The maximum atomic E-state index is 5.41. The zero-order valence-electron chi connectivity index (χ0n) is 11.0. The number of ether oxygens (including phenoxy) is 1. The topological polar surface area (TPSA) is 38.2 Å². The molecule has 0 amide bonds. The quantitative estimate of drug-likeness (QED) is 0.792. The van der Waals surface area contributed by atoms with Crippen LogP contribution in [0.3, 0.4) is 0 Å².